The summed E-state index contributed by atoms with van der Waals surface area (Å²) < 4.78 is 32.0. The van der Waals surface area contributed by atoms with E-state index in [2.05, 4.69) is 20.7 Å². The maximum Gasteiger partial charge on any atom is 0.382 e. The number of hydrogen-bond acceptors (Lipinski definition) is 3. The van der Waals surface area contributed by atoms with Gasteiger partial charge in [-0.25, -0.2) is 4.79 Å². The first-order valence-corrected chi connectivity index (χ1v) is 5.77. The number of carbonyl (C=O) groups is 1. The topological polar surface area (TPSA) is 52.3 Å². The van der Waals surface area contributed by atoms with Crippen molar-refractivity contribution < 1.29 is 18.3 Å². The second-order valence-corrected chi connectivity index (χ2v) is 4.47. The summed E-state index contributed by atoms with van der Waals surface area (Å²) in [6, 6.07) is 2.40. The van der Waals surface area contributed by atoms with Crippen molar-refractivity contribution >= 4 is 39.2 Å². The third kappa shape index (κ3) is 2.87. The van der Waals surface area contributed by atoms with Gasteiger partial charge in [-0.1, -0.05) is 27.5 Å². The van der Waals surface area contributed by atoms with Crippen LogP contribution in [0.5, 0.6) is 0 Å². The summed E-state index contributed by atoms with van der Waals surface area (Å²) in [5.41, 5.74) is 4.42. The van der Waals surface area contributed by atoms with Crippen LogP contribution >= 0.6 is 27.5 Å². The van der Waals surface area contributed by atoms with Gasteiger partial charge in [0.1, 0.15) is 0 Å². The van der Waals surface area contributed by atoms with Gasteiger partial charge in [0.25, 0.3) is 0 Å². The van der Waals surface area contributed by atoms with E-state index in [-0.39, 0.29) is 17.3 Å². The van der Waals surface area contributed by atoms with Crippen molar-refractivity contribution in [2.75, 3.05) is 12.3 Å². The van der Waals surface area contributed by atoms with E-state index in [0.717, 1.165) is 6.07 Å². The van der Waals surface area contributed by atoms with Gasteiger partial charge in [-0.2, -0.15) is 8.78 Å². The Kier molecular flexibility index (Phi) is 4.32. The molecule has 3 nitrogen and oxygen atoms in total. The lowest BCUT2D eigenvalue weighted by molar-refractivity contribution is -0.173. The maximum absolute atomic E-state index is 13.7. The summed E-state index contributed by atoms with van der Waals surface area (Å²) in [6.07, 6.45) is 0. The zero-order valence-corrected chi connectivity index (χ0v) is 11.1. The number of hydrogen-bond donors (Lipinski definition) is 1. The summed E-state index contributed by atoms with van der Waals surface area (Å²) in [7, 11) is 0. The lowest BCUT2D eigenvalue weighted by atomic mass is 10.1. The number of nitrogen functional groups attached to an aromatic ring is 1. The van der Waals surface area contributed by atoms with E-state index in [9.17, 15) is 13.6 Å². The van der Waals surface area contributed by atoms with Crippen LogP contribution in [-0.4, -0.2) is 12.6 Å². The lowest BCUT2D eigenvalue weighted by Crippen LogP contribution is -2.29. The van der Waals surface area contributed by atoms with Crippen LogP contribution in [0.3, 0.4) is 0 Å². The summed E-state index contributed by atoms with van der Waals surface area (Å²) in [4.78, 5) is 11.2. The summed E-state index contributed by atoms with van der Waals surface area (Å²) >= 11 is 8.67. The molecular formula is C10H9BrClF2NO2. The fraction of sp³-hybridized carbons (Fsp3) is 0.300. The predicted octanol–water partition coefficient (Wildman–Crippen LogP) is 3.34. The van der Waals surface area contributed by atoms with Gasteiger partial charge in [0.15, 0.2) is 0 Å². The molecule has 0 heterocycles. The number of rotatable bonds is 3. The number of halogens is 4. The maximum atomic E-state index is 13.7. The second-order valence-electron chi connectivity index (χ2n) is 3.14. The average Bonchev–Trinajstić information content (AvgIpc) is 2.23. The highest BCUT2D eigenvalue weighted by Crippen LogP contribution is 2.38. The van der Waals surface area contributed by atoms with E-state index in [1.807, 2.05) is 0 Å². The van der Waals surface area contributed by atoms with Gasteiger partial charge < -0.3 is 10.5 Å². The van der Waals surface area contributed by atoms with Gasteiger partial charge >= 0.3 is 11.9 Å². The summed E-state index contributed by atoms with van der Waals surface area (Å²) in [5.74, 6) is -5.48. The molecule has 1 rings (SSSR count). The van der Waals surface area contributed by atoms with E-state index in [1.54, 1.807) is 0 Å². The fourth-order valence-corrected chi connectivity index (χ4v) is 1.99. The molecule has 0 fully saturated rings. The van der Waals surface area contributed by atoms with Crippen LogP contribution in [-0.2, 0) is 15.5 Å². The molecule has 2 N–H and O–H groups in total. The molecule has 0 aliphatic carbocycles. The molecule has 17 heavy (non-hydrogen) atoms. The third-order valence-corrected chi connectivity index (χ3v) is 2.73. The van der Waals surface area contributed by atoms with Crippen LogP contribution in [0.25, 0.3) is 0 Å². The van der Waals surface area contributed by atoms with Crippen molar-refractivity contribution in [1.82, 2.24) is 0 Å². The predicted molar refractivity (Wildman–Crippen MR) is 64.1 cm³/mol. The zero-order valence-electron chi connectivity index (χ0n) is 8.77. The van der Waals surface area contributed by atoms with Gasteiger partial charge in [0.2, 0.25) is 0 Å². The van der Waals surface area contributed by atoms with Crippen LogP contribution in [0.2, 0.25) is 5.02 Å². The van der Waals surface area contributed by atoms with E-state index >= 15 is 0 Å². The molecule has 94 valence electrons. The highest BCUT2D eigenvalue weighted by molar-refractivity contribution is 9.10. The van der Waals surface area contributed by atoms with E-state index < -0.39 is 17.5 Å². The Morgan fingerprint density at radius 3 is 2.71 bits per heavy atom. The third-order valence-electron chi connectivity index (χ3n) is 1.96. The number of esters is 1. The SMILES string of the molecule is CCOC(=O)C(F)(F)c1cc(Br)cc(Cl)c1N. The minimum Gasteiger partial charge on any atom is -0.461 e. The molecule has 0 saturated carbocycles. The number of ether oxygens (including phenoxy) is 1. The zero-order chi connectivity index (χ0) is 13.2. The molecule has 0 atom stereocenters. The number of carbonyl (C=O) groups excluding carboxylic acids is 1. The monoisotopic (exact) mass is 327 g/mol. The molecule has 0 unspecified atom stereocenters. The first-order chi connectivity index (χ1) is 7.80. The highest BCUT2D eigenvalue weighted by Gasteiger charge is 2.44. The Labute approximate surface area is 110 Å². The van der Waals surface area contributed by atoms with Crippen LogP contribution in [0.1, 0.15) is 12.5 Å². The van der Waals surface area contributed by atoms with Crippen LogP contribution in [0.15, 0.2) is 16.6 Å². The molecule has 0 bridgehead atoms. The Morgan fingerprint density at radius 1 is 1.59 bits per heavy atom. The first-order valence-electron chi connectivity index (χ1n) is 4.60. The lowest BCUT2D eigenvalue weighted by Gasteiger charge is -2.17. The summed E-state index contributed by atoms with van der Waals surface area (Å²) in [5, 5.41) is -0.0571. The molecule has 1 aromatic carbocycles. The molecule has 7 heteroatoms. The van der Waals surface area contributed by atoms with Crippen molar-refractivity contribution in [3.8, 4) is 0 Å². The van der Waals surface area contributed by atoms with Crippen LogP contribution < -0.4 is 5.73 Å². The van der Waals surface area contributed by atoms with Crippen LogP contribution in [0, 0.1) is 0 Å². The molecule has 0 aromatic heterocycles. The van der Waals surface area contributed by atoms with Crippen molar-refractivity contribution in [3.05, 3.63) is 27.2 Å². The molecule has 0 aliphatic heterocycles. The smallest absolute Gasteiger partial charge is 0.382 e. The van der Waals surface area contributed by atoms with Gasteiger partial charge in [-0.15, -0.1) is 0 Å². The van der Waals surface area contributed by atoms with E-state index in [4.69, 9.17) is 17.3 Å². The Hall–Kier alpha value is -0.880. The Bertz CT molecular complexity index is 454. The minimum absolute atomic E-state index is 0.0571. The van der Waals surface area contributed by atoms with Crippen molar-refractivity contribution in [2.24, 2.45) is 0 Å². The van der Waals surface area contributed by atoms with E-state index in [1.165, 1.54) is 13.0 Å². The van der Waals surface area contributed by atoms with Crippen molar-refractivity contribution in [1.29, 1.82) is 0 Å². The van der Waals surface area contributed by atoms with Gasteiger partial charge in [0.05, 0.1) is 22.9 Å². The van der Waals surface area contributed by atoms with Crippen molar-refractivity contribution in [2.45, 2.75) is 12.8 Å². The molecule has 0 amide bonds. The fourth-order valence-electron chi connectivity index (χ4n) is 1.18. The van der Waals surface area contributed by atoms with Gasteiger partial charge in [0, 0.05) is 4.47 Å². The first kappa shape index (κ1) is 14.2. The quantitative estimate of drug-likeness (QED) is 0.684. The van der Waals surface area contributed by atoms with E-state index in [0.29, 0.717) is 4.47 Å². The Balaban J connectivity index is 3.27. The number of alkyl halides is 2. The second kappa shape index (κ2) is 5.18. The largest absolute Gasteiger partial charge is 0.461 e. The molecule has 0 aliphatic rings. The average molecular weight is 329 g/mol. The van der Waals surface area contributed by atoms with Gasteiger partial charge in [-0.3, -0.25) is 0 Å². The van der Waals surface area contributed by atoms with Gasteiger partial charge in [-0.05, 0) is 19.1 Å². The van der Waals surface area contributed by atoms with Crippen molar-refractivity contribution in [3.63, 3.8) is 0 Å². The molecule has 0 radical (unpaired) electrons. The molecular weight excluding hydrogens is 319 g/mol. The number of nitrogens with two attached hydrogens (primary N) is 1. The standard InChI is InChI=1S/C10H9BrClF2NO2/c1-2-17-9(16)10(13,14)6-3-5(11)4-7(12)8(6)15/h3-4H,2,15H2,1H3. The molecule has 0 spiro atoms. The molecule has 1 aromatic rings. The summed E-state index contributed by atoms with van der Waals surface area (Å²) in [6.45, 7) is 1.29. The highest BCUT2D eigenvalue weighted by atomic mass is 79.9. The van der Waals surface area contributed by atoms with Crippen LogP contribution in [0.4, 0.5) is 14.5 Å². The normalized spacial score (nSPS) is 11.4. The minimum atomic E-state index is -3.83. The number of anilines is 1. The molecule has 0 saturated heterocycles. The Morgan fingerprint density at radius 2 is 2.18 bits per heavy atom. The number of benzene rings is 1.